The molecule has 0 aromatic rings. The van der Waals surface area contributed by atoms with Gasteiger partial charge >= 0.3 is 12.0 Å². The van der Waals surface area contributed by atoms with Gasteiger partial charge in [-0.15, -0.1) is 0 Å². The van der Waals surface area contributed by atoms with E-state index in [1.165, 1.54) is 13.3 Å². The molecule has 1 rings (SSSR count). The molecule has 2 amide bonds. The molecule has 1 fully saturated rings. The first-order valence-corrected chi connectivity index (χ1v) is 6.19. The highest BCUT2D eigenvalue weighted by atomic mass is 16.4. The molecule has 0 saturated heterocycles. The van der Waals surface area contributed by atoms with Gasteiger partial charge in [0.05, 0.1) is 0 Å². The SMILES string of the molecule is CC1CCCCC1N(C)C(=O)N[C@H](C)C(=O)O. The first-order valence-electron chi connectivity index (χ1n) is 6.19. The Labute approximate surface area is 102 Å². The molecular formula is C12H22N2O3. The summed E-state index contributed by atoms with van der Waals surface area (Å²) in [6.45, 7) is 3.62. The van der Waals surface area contributed by atoms with Crippen LogP contribution in [0.5, 0.6) is 0 Å². The molecule has 5 nitrogen and oxygen atoms in total. The van der Waals surface area contributed by atoms with Gasteiger partial charge in [-0.25, -0.2) is 4.79 Å². The first kappa shape index (κ1) is 13.8. The number of aliphatic carboxylic acids is 1. The normalized spacial score (nSPS) is 26.1. The Morgan fingerprint density at radius 2 is 1.94 bits per heavy atom. The number of carbonyl (C=O) groups excluding carboxylic acids is 1. The molecule has 1 aliphatic carbocycles. The predicted molar refractivity (Wildman–Crippen MR) is 64.8 cm³/mol. The third-order valence-electron chi connectivity index (χ3n) is 3.59. The molecule has 3 atom stereocenters. The van der Waals surface area contributed by atoms with Crippen molar-refractivity contribution in [2.75, 3.05) is 7.05 Å². The minimum Gasteiger partial charge on any atom is -0.480 e. The molecule has 0 aliphatic heterocycles. The van der Waals surface area contributed by atoms with E-state index >= 15 is 0 Å². The van der Waals surface area contributed by atoms with Crippen molar-refractivity contribution in [1.82, 2.24) is 10.2 Å². The fourth-order valence-electron chi connectivity index (χ4n) is 2.37. The molecule has 2 unspecified atom stereocenters. The second-order valence-electron chi connectivity index (χ2n) is 4.95. The number of carboxylic acids is 1. The van der Waals surface area contributed by atoms with Crippen LogP contribution in [0, 0.1) is 5.92 Å². The van der Waals surface area contributed by atoms with E-state index in [1.54, 1.807) is 11.9 Å². The molecule has 0 heterocycles. The van der Waals surface area contributed by atoms with Crippen molar-refractivity contribution >= 4 is 12.0 Å². The van der Waals surface area contributed by atoms with E-state index < -0.39 is 12.0 Å². The topological polar surface area (TPSA) is 69.6 Å². The molecule has 2 N–H and O–H groups in total. The van der Waals surface area contributed by atoms with Crippen LogP contribution in [-0.2, 0) is 4.79 Å². The molecular weight excluding hydrogens is 220 g/mol. The van der Waals surface area contributed by atoms with E-state index in [1.807, 2.05) is 0 Å². The molecule has 5 heteroatoms. The standard InChI is InChI=1S/C12H22N2O3/c1-8-6-4-5-7-10(8)14(3)12(17)13-9(2)11(15)16/h8-10H,4-7H2,1-3H3,(H,13,17)(H,15,16)/t8?,9-,10?/m1/s1. The summed E-state index contributed by atoms with van der Waals surface area (Å²) in [5.74, 6) is -0.525. The molecule has 0 radical (unpaired) electrons. The Morgan fingerprint density at radius 1 is 1.35 bits per heavy atom. The lowest BCUT2D eigenvalue weighted by Crippen LogP contribution is -2.51. The van der Waals surface area contributed by atoms with Gasteiger partial charge in [-0.05, 0) is 25.7 Å². The largest absolute Gasteiger partial charge is 0.480 e. The van der Waals surface area contributed by atoms with Crippen molar-refractivity contribution in [3.63, 3.8) is 0 Å². The third-order valence-corrected chi connectivity index (χ3v) is 3.59. The highest BCUT2D eigenvalue weighted by Gasteiger charge is 2.28. The lowest BCUT2D eigenvalue weighted by atomic mass is 9.85. The van der Waals surface area contributed by atoms with Crippen LogP contribution in [0.4, 0.5) is 4.79 Å². The summed E-state index contributed by atoms with van der Waals surface area (Å²) in [5.41, 5.74) is 0. The quantitative estimate of drug-likeness (QED) is 0.791. The predicted octanol–water partition coefficient (Wildman–Crippen LogP) is 1.68. The van der Waals surface area contributed by atoms with E-state index in [0.29, 0.717) is 5.92 Å². The van der Waals surface area contributed by atoms with Gasteiger partial charge in [-0.2, -0.15) is 0 Å². The highest BCUT2D eigenvalue weighted by Crippen LogP contribution is 2.27. The maximum Gasteiger partial charge on any atom is 0.325 e. The Kier molecular flexibility index (Phi) is 4.78. The van der Waals surface area contributed by atoms with Gasteiger partial charge < -0.3 is 15.3 Å². The fraction of sp³-hybridized carbons (Fsp3) is 0.833. The van der Waals surface area contributed by atoms with Crippen LogP contribution in [0.15, 0.2) is 0 Å². The van der Waals surface area contributed by atoms with Crippen molar-refractivity contribution in [3.8, 4) is 0 Å². The van der Waals surface area contributed by atoms with Gasteiger partial charge in [-0.3, -0.25) is 4.79 Å². The summed E-state index contributed by atoms with van der Waals surface area (Å²) >= 11 is 0. The summed E-state index contributed by atoms with van der Waals surface area (Å²) in [5, 5.41) is 11.2. The van der Waals surface area contributed by atoms with Gasteiger partial charge in [0.15, 0.2) is 0 Å². The van der Waals surface area contributed by atoms with E-state index in [4.69, 9.17) is 5.11 Å². The average molecular weight is 242 g/mol. The van der Waals surface area contributed by atoms with E-state index in [-0.39, 0.29) is 12.1 Å². The summed E-state index contributed by atoms with van der Waals surface area (Å²) in [6.07, 6.45) is 4.50. The van der Waals surface area contributed by atoms with Gasteiger partial charge in [-0.1, -0.05) is 19.8 Å². The van der Waals surface area contributed by atoms with Crippen LogP contribution in [0.1, 0.15) is 39.5 Å². The molecule has 0 spiro atoms. The lowest BCUT2D eigenvalue weighted by molar-refractivity contribution is -0.138. The maximum absolute atomic E-state index is 11.9. The summed E-state index contributed by atoms with van der Waals surface area (Å²) in [4.78, 5) is 24.2. The monoisotopic (exact) mass is 242 g/mol. The first-order chi connectivity index (χ1) is 7.93. The molecule has 0 aromatic heterocycles. The number of amides is 2. The molecule has 1 aliphatic rings. The Morgan fingerprint density at radius 3 is 2.47 bits per heavy atom. The van der Waals surface area contributed by atoms with Crippen LogP contribution < -0.4 is 5.32 Å². The van der Waals surface area contributed by atoms with E-state index in [2.05, 4.69) is 12.2 Å². The number of urea groups is 1. The number of nitrogens with one attached hydrogen (secondary N) is 1. The second kappa shape index (κ2) is 5.89. The van der Waals surface area contributed by atoms with Gasteiger partial charge in [0.2, 0.25) is 0 Å². The van der Waals surface area contributed by atoms with Crippen molar-refractivity contribution < 1.29 is 14.7 Å². The van der Waals surface area contributed by atoms with Crippen molar-refractivity contribution in [2.24, 2.45) is 5.92 Å². The molecule has 17 heavy (non-hydrogen) atoms. The van der Waals surface area contributed by atoms with Gasteiger partial charge in [0.25, 0.3) is 0 Å². The zero-order valence-electron chi connectivity index (χ0n) is 10.8. The fourth-order valence-corrected chi connectivity index (χ4v) is 2.37. The summed E-state index contributed by atoms with van der Waals surface area (Å²) < 4.78 is 0. The summed E-state index contributed by atoms with van der Waals surface area (Å²) in [6, 6.07) is -0.910. The van der Waals surface area contributed by atoms with Crippen molar-refractivity contribution in [3.05, 3.63) is 0 Å². The number of hydrogen-bond acceptors (Lipinski definition) is 2. The number of hydrogen-bond donors (Lipinski definition) is 2. The smallest absolute Gasteiger partial charge is 0.325 e. The van der Waals surface area contributed by atoms with Crippen molar-refractivity contribution in [2.45, 2.75) is 51.6 Å². The van der Waals surface area contributed by atoms with Crippen molar-refractivity contribution in [1.29, 1.82) is 0 Å². The molecule has 0 aromatic carbocycles. The minimum atomic E-state index is -1.01. The lowest BCUT2D eigenvalue weighted by Gasteiger charge is -2.36. The van der Waals surface area contributed by atoms with Crippen LogP contribution in [0.3, 0.4) is 0 Å². The van der Waals surface area contributed by atoms with Gasteiger partial charge in [0, 0.05) is 13.1 Å². The zero-order valence-corrected chi connectivity index (χ0v) is 10.8. The summed E-state index contributed by atoms with van der Waals surface area (Å²) in [7, 11) is 1.75. The van der Waals surface area contributed by atoms with Crippen LogP contribution in [-0.4, -0.2) is 41.1 Å². The molecule has 1 saturated carbocycles. The van der Waals surface area contributed by atoms with Crippen LogP contribution in [0.2, 0.25) is 0 Å². The van der Waals surface area contributed by atoms with Crippen LogP contribution in [0.25, 0.3) is 0 Å². The van der Waals surface area contributed by atoms with Crippen LogP contribution >= 0.6 is 0 Å². The van der Waals surface area contributed by atoms with Gasteiger partial charge in [0.1, 0.15) is 6.04 Å². The zero-order chi connectivity index (χ0) is 13.0. The minimum absolute atomic E-state index is 0.227. The number of carbonyl (C=O) groups is 2. The maximum atomic E-state index is 11.9. The molecule has 0 bridgehead atoms. The Bertz CT molecular complexity index is 293. The molecule has 98 valence electrons. The van der Waals surface area contributed by atoms with E-state index in [9.17, 15) is 9.59 Å². The Balaban J connectivity index is 2.53. The number of carboxylic acid groups (broad SMARTS) is 1. The highest BCUT2D eigenvalue weighted by molar-refractivity contribution is 5.82. The number of nitrogens with zero attached hydrogens (tertiary/aromatic N) is 1. The average Bonchev–Trinajstić information content (AvgIpc) is 2.28. The Hall–Kier alpha value is -1.26. The van der Waals surface area contributed by atoms with E-state index in [0.717, 1.165) is 19.3 Å². The third kappa shape index (κ3) is 3.61. The second-order valence-corrected chi connectivity index (χ2v) is 4.95. The number of rotatable bonds is 3.